The van der Waals surface area contributed by atoms with Gasteiger partial charge in [0.05, 0.1) is 30.9 Å². The molecule has 2 aromatic carbocycles. The van der Waals surface area contributed by atoms with Crippen molar-refractivity contribution in [3.8, 4) is 5.75 Å². The Hall–Kier alpha value is -3.05. The van der Waals surface area contributed by atoms with Gasteiger partial charge in [-0.25, -0.2) is 4.79 Å². The summed E-state index contributed by atoms with van der Waals surface area (Å²) in [7, 11) is 1.55. The van der Waals surface area contributed by atoms with E-state index in [4.69, 9.17) is 21.1 Å². The summed E-state index contributed by atoms with van der Waals surface area (Å²) >= 11 is 6.28. The Morgan fingerprint density at radius 1 is 1.17 bits per heavy atom. The molecule has 1 aliphatic carbocycles. The second-order valence-electron chi connectivity index (χ2n) is 6.87. The molecule has 0 bridgehead atoms. The number of methoxy groups -OCH3 is 1. The number of ether oxygens (including phenoxy) is 2. The highest BCUT2D eigenvalue weighted by molar-refractivity contribution is 6.30. The molecular weight excluding hydrogens is 390 g/mol. The fraction of sp³-hybridized carbons (Fsp3) is 0.217. The molecule has 1 heterocycles. The van der Waals surface area contributed by atoms with Crippen LogP contribution in [0.1, 0.15) is 41.3 Å². The third kappa shape index (κ3) is 3.02. The summed E-state index contributed by atoms with van der Waals surface area (Å²) in [5, 5.41) is 3.76. The number of halogens is 1. The lowest BCUT2D eigenvalue weighted by atomic mass is 9.79. The highest BCUT2D eigenvalue weighted by Crippen LogP contribution is 2.49. The second-order valence-corrected chi connectivity index (χ2v) is 7.30. The number of dihydropyridines is 1. The number of carbonyl (C=O) groups excluding carboxylic acids is 2. The smallest absolute Gasteiger partial charge is 0.336 e. The van der Waals surface area contributed by atoms with Crippen LogP contribution in [-0.4, -0.2) is 25.5 Å². The van der Waals surface area contributed by atoms with Gasteiger partial charge in [-0.2, -0.15) is 0 Å². The minimum Gasteiger partial charge on any atom is -0.496 e. The Kier molecular flexibility index (Phi) is 4.92. The minimum absolute atomic E-state index is 0.121. The molecule has 148 valence electrons. The van der Waals surface area contributed by atoms with E-state index in [2.05, 4.69) is 5.32 Å². The lowest BCUT2D eigenvalue weighted by Crippen LogP contribution is -2.29. The maximum Gasteiger partial charge on any atom is 0.336 e. The maximum atomic E-state index is 13.4. The van der Waals surface area contributed by atoms with Crippen molar-refractivity contribution in [2.24, 2.45) is 0 Å². The molecule has 0 fully saturated rings. The van der Waals surface area contributed by atoms with E-state index in [0.29, 0.717) is 44.4 Å². The van der Waals surface area contributed by atoms with Crippen LogP contribution in [0.2, 0.25) is 5.02 Å². The van der Waals surface area contributed by atoms with Crippen molar-refractivity contribution in [3.05, 3.63) is 81.0 Å². The number of hydrogen-bond donors (Lipinski definition) is 1. The van der Waals surface area contributed by atoms with E-state index in [0.717, 1.165) is 5.56 Å². The summed E-state index contributed by atoms with van der Waals surface area (Å²) in [6.45, 7) is 3.79. The first kappa shape index (κ1) is 19.3. The van der Waals surface area contributed by atoms with Gasteiger partial charge in [0.15, 0.2) is 5.78 Å². The number of carbonyl (C=O) groups is 2. The number of Topliss-reactive ketones (excluding diaryl/α,β-unsaturated/α-hetero) is 1. The number of nitrogens with one attached hydrogen (secondary N) is 1. The number of esters is 1. The fourth-order valence-electron chi connectivity index (χ4n) is 4.05. The van der Waals surface area contributed by atoms with Crippen molar-refractivity contribution in [3.63, 3.8) is 0 Å². The van der Waals surface area contributed by atoms with Crippen molar-refractivity contribution < 1.29 is 19.1 Å². The summed E-state index contributed by atoms with van der Waals surface area (Å²) in [6, 6.07) is 12.6. The largest absolute Gasteiger partial charge is 0.496 e. The molecule has 0 spiro atoms. The molecule has 29 heavy (non-hydrogen) atoms. The number of hydrogen-bond acceptors (Lipinski definition) is 5. The first-order chi connectivity index (χ1) is 14.0. The topological polar surface area (TPSA) is 64.6 Å². The monoisotopic (exact) mass is 409 g/mol. The molecule has 2 aromatic rings. The standard InChI is InChI=1S/C23H20ClNO4/c1-4-29-23(27)18-12(2)25-21-14-7-5-6-8-15(14)22(26)20(21)19(18)16-11-13(24)9-10-17(16)28-3/h5-11,19,25H,4H2,1-3H3/t19-/m1/s1. The molecule has 0 saturated heterocycles. The summed E-state index contributed by atoms with van der Waals surface area (Å²) < 4.78 is 10.9. The van der Waals surface area contributed by atoms with Gasteiger partial charge in [-0.3, -0.25) is 4.79 Å². The molecule has 0 amide bonds. The van der Waals surface area contributed by atoms with E-state index in [9.17, 15) is 9.59 Å². The van der Waals surface area contributed by atoms with Crippen LogP contribution in [0.4, 0.5) is 0 Å². The van der Waals surface area contributed by atoms with Crippen molar-refractivity contribution in [1.82, 2.24) is 5.32 Å². The zero-order valence-corrected chi connectivity index (χ0v) is 17.1. The third-order valence-electron chi connectivity index (χ3n) is 5.25. The van der Waals surface area contributed by atoms with E-state index >= 15 is 0 Å². The predicted octanol–water partition coefficient (Wildman–Crippen LogP) is 4.48. The first-order valence-corrected chi connectivity index (χ1v) is 9.72. The van der Waals surface area contributed by atoms with Crippen molar-refractivity contribution in [2.75, 3.05) is 13.7 Å². The predicted molar refractivity (Wildman–Crippen MR) is 111 cm³/mol. The van der Waals surface area contributed by atoms with Crippen LogP contribution < -0.4 is 10.1 Å². The molecule has 0 radical (unpaired) electrons. The molecule has 2 aliphatic rings. The van der Waals surface area contributed by atoms with Gasteiger partial charge in [0.2, 0.25) is 0 Å². The van der Waals surface area contributed by atoms with Gasteiger partial charge in [0, 0.05) is 33.0 Å². The summed E-state index contributed by atoms with van der Waals surface area (Å²) in [6.07, 6.45) is 0. The lowest BCUT2D eigenvalue weighted by Gasteiger charge is -2.30. The molecule has 1 aliphatic heterocycles. The van der Waals surface area contributed by atoms with Crippen LogP contribution in [-0.2, 0) is 9.53 Å². The summed E-state index contributed by atoms with van der Waals surface area (Å²) in [5.74, 6) is -0.699. The first-order valence-electron chi connectivity index (χ1n) is 9.34. The van der Waals surface area contributed by atoms with Crippen molar-refractivity contribution in [2.45, 2.75) is 19.8 Å². The van der Waals surface area contributed by atoms with E-state index < -0.39 is 11.9 Å². The molecule has 0 aromatic heterocycles. The molecular formula is C23H20ClNO4. The lowest BCUT2D eigenvalue weighted by molar-refractivity contribution is -0.138. The molecule has 6 heteroatoms. The van der Waals surface area contributed by atoms with Gasteiger partial charge in [-0.15, -0.1) is 0 Å². The quantitative estimate of drug-likeness (QED) is 0.754. The highest BCUT2D eigenvalue weighted by Gasteiger charge is 2.43. The van der Waals surface area contributed by atoms with Gasteiger partial charge in [0.25, 0.3) is 0 Å². The Morgan fingerprint density at radius 2 is 1.90 bits per heavy atom. The summed E-state index contributed by atoms with van der Waals surface area (Å²) in [4.78, 5) is 26.3. The van der Waals surface area contributed by atoms with Gasteiger partial charge in [-0.05, 0) is 32.0 Å². The van der Waals surface area contributed by atoms with Crippen molar-refractivity contribution in [1.29, 1.82) is 0 Å². The molecule has 5 nitrogen and oxygen atoms in total. The average Bonchev–Trinajstić information content (AvgIpc) is 2.99. The maximum absolute atomic E-state index is 13.4. The van der Waals surface area contributed by atoms with E-state index in [-0.39, 0.29) is 12.4 Å². The zero-order valence-electron chi connectivity index (χ0n) is 16.3. The Bertz CT molecular complexity index is 1100. The number of benzene rings is 2. The second kappa shape index (κ2) is 7.41. The van der Waals surface area contributed by atoms with E-state index in [1.54, 1.807) is 38.3 Å². The van der Waals surface area contributed by atoms with Crippen LogP contribution in [0, 0.1) is 0 Å². The van der Waals surface area contributed by atoms with Crippen LogP contribution in [0.5, 0.6) is 5.75 Å². The molecule has 4 rings (SSSR count). The highest BCUT2D eigenvalue weighted by atomic mass is 35.5. The number of rotatable bonds is 4. The number of allylic oxidation sites excluding steroid dienone is 2. The Balaban J connectivity index is 1.99. The van der Waals surface area contributed by atoms with Crippen LogP contribution in [0.3, 0.4) is 0 Å². The number of fused-ring (bicyclic) bond motifs is 2. The fourth-order valence-corrected chi connectivity index (χ4v) is 4.23. The molecule has 1 N–H and O–H groups in total. The van der Waals surface area contributed by atoms with Crippen LogP contribution in [0.25, 0.3) is 5.70 Å². The Labute approximate surface area is 174 Å². The van der Waals surface area contributed by atoms with Crippen molar-refractivity contribution >= 4 is 29.1 Å². The van der Waals surface area contributed by atoms with Crippen LogP contribution >= 0.6 is 11.6 Å². The van der Waals surface area contributed by atoms with E-state index in [1.807, 2.05) is 25.1 Å². The molecule has 0 unspecified atom stereocenters. The third-order valence-corrected chi connectivity index (χ3v) is 5.48. The van der Waals surface area contributed by atoms with Gasteiger partial charge >= 0.3 is 5.97 Å². The van der Waals surface area contributed by atoms with Gasteiger partial charge < -0.3 is 14.8 Å². The van der Waals surface area contributed by atoms with Crippen LogP contribution in [0.15, 0.2) is 59.3 Å². The average molecular weight is 410 g/mol. The summed E-state index contributed by atoms with van der Waals surface area (Å²) in [5.41, 5.74) is 4.31. The van der Waals surface area contributed by atoms with E-state index in [1.165, 1.54) is 0 Å². The van der Waals surface area contributed by atoms with Gasteiger partial charge in [-0.1, -0.05) is 35.9 Å². The normalized spacial score (nSPS) is 17.7. The SMILES string of the molecule is CCOC(=O)C1=C(C)NC2=C(C(=O)c3ccccc32)[C@@H]1c1cc(Cl)ccc1OC. The molecule has 1 atom stereocenters. The number of ketones is 1. The minimum atomic E-state index is -0.654. The zero-order chi connectivity index (χ0) is 20.7. The molecule has 0 saturated carbocycles. The Morgan fingerprint density at radius 3 is 2.59 bits per heavy atom. The van der Waals surface area contributed by atoms with Gasteiger partial charge in [0.1, 0.15) is 5.75 Å².